The third kappa shape index (κ3) is 2.56. The number of rotatable bonds is 0. The van der Waals surface area contributed by atoms with Gasteiger partial charge < -0.3 is 0 Å². The van der Waals surface area contributed by atoms with E-state index >= 15 is 0 Å². The summed E-state index contributed by atoms with van der Waals surface area (Å²) in [7, 11) is 0. The fraction of sp³-hybridized carbons (Fsp3) is 0.0400. The van der Waals surface area contributed by atoms with Crippen LogP contribution in [0.25, 0.3) is 99.1 Å². The van der Waals surface area contributed by atoms with Crippen molar-refractivity contribution in [2.24, 2.45) is 0 Å². The maximum absolute atomic E-state index is 2.50. The summed E-state index contributed by atoms with van der Waals surface area (Å²) < 4.78 is 0. The van der Waals surface area contributed by atoms with E-state index in [0.29, 0.717) is 0 Å². The first kappa shape index (κ1) is 24.8. The zero-order valence-corrected chi connectivity index (χ0v) is 27.0. The van der Waals surface area contributed by atoms with E-state index in [4.69, 9.17) is 0 Å². The minimum atomic E-state index is 0.0848. The van der Waals surface area contributed by atoms with Gasteiger partial charge in [0.15, 0.2) is 0 Å². The van der Waals surface area contributed by atoms with Crippen molar-refractivity contribution in [3.8, 4) is 66.8 Å². The second-order valence-corrected chi connectivity index (χ2v) is 15.0. The lowest BCUT2D eigenvalue weighted by atomic mass is 9.66. The van der Waals surface area contributed by atoms with Crippen LogP contribution in [0.4, 0.5) is 0 Å². The minimum absolute atomic E-state index is 0.0848. The van der Waals surface area contributed by atoms with Gasteiger partial charge in [0.1, 0.15) is 0 Å². The Morgan fingerprint density at radius 3 is 0.580 bits per heavy atom. The average Bonchev–Trinajstić information content (AvgIpc) is 3.78. The summed E-state index contributed by atoms with van der Waals surface area (Å²) in [5, 5.41) is 8.69. The molecule has 9 aromatic rings. The van der Waals surface area contributed by atoms with Crippen molar-refractivity contribution in [3.63, 3.8) is 0 Å². The highest BCUT2D eigenvalue weighted by Gasteiger charge is 2.40. The highest BCUT2D eigenvalue weighted by atomic mass is 14.4. The van der Waals surface area contributed by atoms with Crippen LogP contribution in [0.5, 0.6) is 0 Å². The first-order valence-electron chi connectivity index (χ1n) is 17.9. The average molecular weight is 627 g/mol. The molecule has 50 heavy (non-hydrogen) atoms. The topological polar surface area (TPSA) is 0 Å². The molecule has 6 aliphatic carbocycles. The van der Waals surface area contributed by atoms with E-state index in [1.807, 2.05) is 0 Å². The van der Waals surface area contributed by atoms with Gasteiger partial charge in [0, 0.05) is 11.8 Å². The number of benzene rings is 9. The molecule has 226 valence electrons. The van der Waals surface area contributed by atoms with E-state index in [1.165, 1.54) is 132 Å². The van der Waals surface area contributed by atoms with Crippen LogP contribution in [-0.4, -0.2) is 0 Å². The Balaban J connectivity index is 1.21. The smallest absolute Gasteiger partial charge is 0.0358 e. The molecule has 0 aromatic heterocycles. The van der Waals surface area contributed by atoms with Gasteiger partial charge >= 0.3 is 0 Å². The lowest BCUT2D eigenvalue weighted by Gasteiger charge is -2.36. The maximum Gasteiger partial charge on any atom is 0.0358 e. The summed E-state index contributed by atoms with van der Waals surface area (Å²) in [4.78, 5) is 0. The molecule has 0 radical (unpaired) electrons. The molecule has 0 unspecified atom stereocenters. The molecule has 6 aliphatic rings. The maximum atomic E-state index is 2.50. The summed E-state index contributed by atoms with van der Waals surface area (Å²) in [5.74, 6) is 0.170. The summed E-state index contributed by atoms with van der Waals surface area (Å²) >= 11 is 0. The van der Waals surface area contributed by atoms with Gasteiger partial charge in [0.05, 0.1) is 0 Å². The summed E-state index contributed by atoms with van der Waals surface area (Å²) in [6, 6.07) is 56.7. The predicted molar refractivity (Wildman–Crippen MR) is 207 cm³/mol. The molecule has 0 amide bonds. The highest BCUT2D eigenvalue weighted by molar-refractivity contribution is 6.23. The van der Waals surface area contributed by atoms with Gasteiger partial charge in [-0.1, -0.05) is 146 Å². The molecule has 0 nitrogen and oxygen atoms in total. The second kappa shape index (κ2) is 8.13. The van der Waals surface area contributed by atoms with E-state index < -0.39 is 0 Å². The van der Waals surface area contributed by atoms with E-state index in [0.717, 1.165) is 0 Å². The van der Waals surface area contributed by atoms with Gasteiger partial charge in [-0.25, -0.2) is 0 Å². The molecule has 9 aromatic carbocycles. The van der Waals surface area contributed by atoms with E-state index in [9.17, 15) is 0 Å². The number of fused-ring (bicyclic) bond motifs is 9. The zero-order chi connectivity index (χ0) is 32.0. The molecule has 0 saturated carbocycles. The van der Waals surface area contributed by atoms with Crippen LogP contribution in [0.3, 0.4) is 0 Å². The first-order valence-corrected chi connectivity index (χ1v) is 17.9. The molecule has 15 rings (SSSR count). The van der Waals surface area contributed by atoms with Crippen molar-refractivity contribution < 1.29 is 0 Å². The minimum Gasteiger partial charge on any atom is -0.0616 e. The molecule has 0 spiro atoms. The third-order valence-corrected chi connectivity index (χ3v) is 13.1. The SMILES string of the molecule is c1ccc2c(c1)-c1ccc3c4c(ccc-2c14)C1c2ccc4c5c(ccc(c25)C3c2ccc3c5c(ccc1c25)-c1ccccc1-3)-c1ccccc1-4. The Hall–Kier alpha value is -6.24. The van der Waals surface area contributed by atoms with Gasteiger partial charge in [0.2, 0.25) is 0 Å². The van der Waals surface area contributed by atoms with Gasteiger partial charge in [-0.05, 0) is 132 Å². The molecular weight excluding hydrogens is 601 g/mol. The summed E-state index contributed by atoms with van der Waals surface area (Å²) in [6.07, 6.45) is 0. The Morgan fingerprint density at radius 2 is 0.380 bits per heavy atom. The summed E-state index contributed by atoms with van der Waals surface area (Å²) in [6.45, 7) is 0. The van der Waals surface area contributed by atoms with Crippen molar-refractivity contribution in [2.45, 2.75) is 11.8 Å². The molecule has 0 aliphatic heterocycles. The molecular formula is C50H26. The predicted octanol–water partition coefficient (Wildman–Crippen LogP) is 13.1. The van der Waals surface area contributed by atoms with Crippen molar-refractivity contribution in [2.75, 3.05) is 0 Å². The Kier molecular flexibility index (Phi) is 4.04. The van der Waals surface area contributed by atoms with Crippen LogP contribution >= 0.6 is 0 Å². The van der Waals surface area contributed by atoms with Crippen molar-refractivity contribution in [1.29, 1.82) is 0 Å². The molecule has 0 saturated heterocycles. The fourth-order valence-electron chi connectivity index (χ4n) is 11.3. The number of hydrogen-bond donors (Lipinski definition) is 0. The van der Waals surface area contributed by atoms with Crippen LogP contribution in [0.15, 0.2) is 146 Å². The lowest BCUT2D eigenvalue weighted by Crippen LogP contribution is -2.18. The van der Waals surface area contributed by atoms with Crippen molar-refractivity contribution in [3.05, 3.63) is 179 Å². The Bertz CT molecular complexity index is 2620. The quantitative estimate of drug-likeness (QED) is 0.157. The zero-order valence-electron chi connectivity index (χ0n) is 27.0. The highest BCUT2D eigenvalue weighted by Crippen LogP contribution is 2.62. The molecule has 0 heteroatoms. The molecule has 0 atom stereocenters. The lowest BCUT2D eigenvalue weighted by molar-refractivity contribution is 0.938. The third-order valence-electron chi connectivity index (χ3n) is 13.1. The van der Waals surface area contributed by atoms with Gasteiger partial charge in [-0.2, -0.15) is 0 Å². The van der Waals surface area contributed by atoms with Gasteiger partial charge in [0.25, 0.3) is 0 Å². The van der Waals surface area contributed by atoms with Crippen molar-refractivity contribution in [1.82, 2.24) is 0 Å². The first-order chi connectivity index (χ1) is 24.8. The monoisotopic (exact) mass is 626 g/mol. The molecule has 0 N–H and O–H groups in total. The van der Waals surface area contributed by atoms with Crippen LogP contribution in [0.2, 0.25) is 0 Å². The van der Waals surface area contributed by atoms with Crippen LogP contribution < -0.4 is 0 Å². The van der Waals surface area contributed by atoms with Crippen LogP contribution in [0, 0.1) is 0 Å². The van der Waals surface area contributed by atoms with E-state index in [-0.39, 0.29) is 11.8 Å². The van der Waals surface area contributed by atoms with E-state index in [1.54, 1.807) is 0 Å². The molecule has 2 bridgehead atoms. The van der Waals surface area contributed by atoms with Crippen LogP contribution in [-0.2, 0) is 0 Å². The van der Waals surface area contributed by atoms with Gasteiger partial charge in [-0.3, -0.25) is 0 Å². The number of hydrogen-bond acceptors (Lipinski definition) is 0. The Morgan fingerprint density at radius 1 is 0.180 bits per heavy atom. The summed E-state index contributed by atoms with van der Waals surface area (Å²) in [5.41, 5.74) is 25.1. The Labute approximate surface area is 288 Å². The second-order valence-electron chi connectivity index (χ2n) is 15.0. The molecule has 0 heterocycles. The van der Waals surface area contributed by atoms with Crippen LogP contribution in [0.1, 0.15) is 45.2 Å². The fourth-order valence-corrected chi connectivity index (χ4v) is 11.3. The normalized spacial score (nSPS) is 16.8. The largest absolute Gasteiger partial charge is 0.0616 e. The van der Waals surface area contributed by atoms with Crippen molar-refractivity contribution >= 4 is 32.3 Å². The van der Waals surface area contributed by atoms with E-state index in [2.05, 4.69) is 146 Å². The molecule has 0 fully saturated rings. The standard InChI is InChI=1S/C50H26/c1-2-8-26-25(7-1)31-13-19-37-43-39-21-15-33-27-9-3-5-11-29(27)35-17-23-41(49(39)46(33)35)44(38-20-14-32(26)45(31)48(37)38)42-24-18-36-30-12-6-4-10-28(30)34-16-22-40(43)50(42)47(34)36/h1-24,43-44H. The van der Waals surface area contributed by atoms with Gasteiger partial charge in [-0.15, -0.1) is 0 Å².